The van der Waals surface area contributed by atoms with Crippen LogP contribution in [0.1, 0.15) is 49.7 Å². The molecule has 30 heavy (non-hydrogen) atoms. The third kappa shape index (κ3) is 7.22. The Kier molecular flexibility index (Phi) is 8.05. The number of carbonyl (C=O) groups excluding carboxylic acids is 3. The molecule has 162 valence electrons. The lowest BCUT2D eigenvalue weighted by molar-refractivity contribution is -0.154. The highest BCUT2D eigenvalue weighted by Crippen LogP contribution is 2.19. The zero-order valence-electron chi connectivity index (χ0n) is 17.7. The van der Waals surface area contributed by atoms with Crippen molar-refractivity contribution in [2.45, 2.75) is 39.2 Å². The second-order valence-corrected chi connectivity index (χ2v) is 8.56. The van der Waals surface area contributed by atoms with E-state index in [4.69, 9.17) is 10.1 Å². The van der Waals surface area contributed by atoms with Crippen LogP contribution in [0.15, 0.2) is 24.3 Å². The smallest absolute Gasteiger partial charge is 0.325 e. The summed E-state index contributed by atoms with van der Waals surface area (Å²) in [6, 6.07) is 7.31. The lowest BCUT2D eigenvalue weighted by atomic mass is 10.1. The van der Waals surface area contributed by atoms with Gasteiger partial charge < -0.3 is 20.4 Å². The Balaban J connectivity index is 1.76. The number of amides is 2. The molecule has 0 saturated carbocycles. The van der Waals surface area contributed by atoms with Crippen molar-refractivity contribution in [1.82, 2.24) is 15.6 Å². The lowest BCUT2D eigenvalue weighted by Gasteiger charge is -2.19. The van der Waals surface area contributed by atoms with Gasteiger partial charge in [0.2, 0.25) is 5.91 Å². The van der Waals surface area contributed by atoms with Gasteiger partial charge in [-0.2, -0.15) is 0 Å². The minimum Gasteiger partial charge on any atom is -0.459 e. The van der Waals surface area contributed by atoms with E-state index in [-0.39, 0.29) is 24.8 Å². The molecular formula is C21H28N4O4S. The fourth-order valence-electron chi connectivity index (χ4n) is 2.70. The number of H-pyrrole nitrogens is 1. The fourth-order valence-corrected chi connectivity index (χ4v) is 3.06. The van der Waals surface area contributed by atoms with E-state index in [9.17, 15) is 14.4 Å². The summed E-state index contributed by atoms with van der Waals surface area (Å²) in [4.78, 5) is 38.8. The van der Waals surface area contributed by atoms with Gasteiger partial charge in [-0.25, -0.2) is 0 Å². The molecule has 2 amide bonds. The highest BCUT2D eigenvalue weighted by molar-refractivity contribution is 8.13. The van der Waals surface area contributed by atoms with Crippen LogP contribution in [0.3, 0.4) is 0 Å². The third-order valence-electron chi connectivity index (χ3n) is 4.05. The van der Waals surface area contributed by atoms with Crippen LogP contribution >= 0.6 is 11.8 Å². The molecule has 0 bridgehead atoms. The zero-order valence-corrected chi connectivity index (χ0v) is 18.5. The number of carbonyl (C=O) groups is 3. The summed E-state index contributed by atoms with van der Waals surface area (Å²) in [7, 11) is 0. The van der Waals surface area contributed by atoms with Crippen LogP contribution < -0.4 is 10.6 Å². The van der Waals surface area contributed by atoms with Crippen LogP contribution in [0, 0.1) is 5.41 Å². The second-order valence-electron chi connectivity index (χ2n) is 7.74. The number of hydrogen-bond acceptors (Lipinski definition) is 6. The average molecular weight is 433 g/mol. The minimum absolute atomic E-state index is 0.173. The maximum absolute atomic E-state index is 12.3. The van der Waals surface area contributed by atoms with Crippen LogP contribution in [0.5, 0.6) is 0 Å². The molecule has 2 rings (SSSR count). The van der Waals surface area contributed by atoms with Crippen molar-refractivity contribution >= 4 is 45.5 Å². The number of aromatic amines is 1. The predicted molar refractivity (Wildman–Crippen MR) is 119 cm³/mol. The molecule has 4 N–H and O–H groups in total. The van der Waals surface area contributed by atoms with Crippen molar-refractivity contribution in [1.29, 1.82) is 5.41 Å². The molecule has 0 fully saturated rings. The fraction of sp³-hybridized carbons (Fsp3) is 0.429. The molecule has 1 aromatic heterocycles. The highest BCUT2D eigenvalue weighted by Gasteiger charge is 2.16. The van der Waals surface area contributed by atoms with E-state index >= 15 is 0 Å². The first-order valence-corrected chi connectivity index (χ1v) is 10.8. The molecule has 0 unspecified atom stereocenters. The largest absolute Gasteiger partial charge is 0.459 e. The third-order valence-corrected chi connectivity index (χ3v) is 4.69. The molecule has 0 aliphatic carbocycles. The Morgan fingerprint density at radius 2 is 1.90 bits per heavy atom. The Hall–Kier alpha value is -2.81. The predicted octanol–water partition coefficient (Wildman–Crippen LogP) is 2.82. The molecule has 8 nitrogen and oxygen atoms in total. The Morgan fingerprint density at radius 1 is 1.17 bits per heavy atom. The lowest BCUT2D eigenvalue weighted by Crippen LogP contribution is -2.35. The van der Waals surface area contributed by atoms with E-state index in [1.54, 1.807) is 26.8 Å². The molecule has 1 aromatic carbocycles. The van der Waals surface area contributed by atoms with Gasteiger partial charge in [0.15, 0.2) is 0 Å². The van der Waals surface area contributed by atoms with Crippen LogP contribution in [0.25, 0.3) is 10.9 Å². The summed E-state index contributed by atoms with van der Waals surface area (Å²) in [6.07, 6.45) is 2.48. The molecule has 0 aliphatic heterocycles. The summed E-state index contributed by atoms with van der Waals surface area (Å²) in [5.74, 6) is -1.02. The first-order chi connectivity index (χ1) is 14.1. The summed E-state index contributed by atoms with van der Waals surface area (Å²) in [5, 5.41) is 14.5. The number of fused-ring (bicyclic) bond motifs is 1. The molecule has 9 heteroatoms. The zero-order chi connectivity index (χ0) is 22.3. The van der Waals surface area contributed by atoms with E-state index in [0.717, 1.165) is 16.5 Å². The van der Waals surface area contributed by atoms with E-state index in [2.05, 4.69) is 15.6 Å². The van der Waals surface area contributed by atoms with Gasteiger partial charge in [-0.3, -0.25) is 19.8 Å². The maximum Gasteiger partial charge on any atom is 0.325 e. The van der Waals surface area contributed by atoms with Gasteiger partial charge in [0.05, 0.1) is 5.04 Å². The minimum atomic E-state index is -0.590. The number of esters is 1. The van der Waals surface area contributed by atoms with E-state index in [1.165, 1.54) is 11.8 Å². The van der Waals surface area contributed by atoms with Gasteiger partial charge in [0, 0.05) is 29.4 Å². The number of benzene rings is 1. The molecule has 2 aromatic rings. The van der Waals surface area contributed by atoms with E-state index < -0.39 is 11.6 Å². The van der Waals surface area contributed by atoms with Gasteiger partial charge in [-0.05, 0) is 51.6 Å². The molecule has 0 spiro atoms. The molecular weight excluding hydrogens is 404 g/mol. The Bertz CT molecular complexity index is 946. The molecule has 1 heterocycles. The maximum atomic E-state index is 12.3. The summed E-state index contributed by atoms with van der Waals surface area (Å²) in [6.45, 7) is 5.44. The van der Waals surface area contributed by atoms with Gasteiger partial charge in [0.25, 0.3) is 5.91 Å². The number of aromatic nitrogens is 1. The van der Waals surface area contributed by atoms with Crippen LogP contribution in [0.4, 0.5) is 0 Å². The van der Waals surface area contributed by atoms with Gasteiger partial charge >= 0.3 is 5.97 Å². The standard InChI is InChI=1S/C21H28N4O4S/c1-21(2,3)29-18(27)12-24-17(26)6-5-9-23-20(28)16-11-14-10-13(19(22)30-4)7-8-15(14)25-16/h7-8,10-11,22,25H,5-6,9,12H2,1-4H3,(H,23,28)(H,24,26). The van der Waals surface area contributed by atoms with Crippen LogP contribution in [0.2, 0.25) is 0 Å². The van der Waals surface area contributed by atoms with Gasteiger partial charge in [0.1, 0.15) is 17.8 Å². The van der Waals surface area contributed by atoms with Crippen molar-refractivity contribution in [3.63, 3.8) is 0 Å². The monoisotopic (exact) mass is 432 g/mol. The number of ether oxygens (including phenoxy) is 1. The topological polar surface area (TPSA) is 124 Å². The van der Waals surface area contributed by atoms with Crippen molar-refractivity contribution in [3.8, 4) is 0 Å². The normalized spacial score (nSPS) is 11.2. The van der Waals surface area contributed by atoms with Crippen LogP contribution in [-0.4, -0.2) is 52.8 Å². The second kappa shape index (κ2) is 10.3. The number of hydrogen-bond donors (Lipinski definition) is 4. The number of thioether (sulfide) groups is 1. The molecule has 0 radical (unpaired) electrons. The average Bonchev–Trinajstić information content (AvgIpc) is 3.11. The van der Waals surface area contributed by atoms with Crippen molar-refractivity contribution in [2.24, 2.45) is 0 Å². The quantitative estimate of drug-likeness (QED) is 0.221. The van der Waals surface area contributed by atoms with Crippen molar-refractivity contribution < 1.29 is 19.1 Å². The van der Waals surface area contributed by atoms with Gasteiger partial charge in [-0.15, -0.1) is 11.8 Å². The van der Waals surface area contributed by atoms with Crippen molar-refractivity contribution in [3.05, 3.63) is 35.5 Å². The number of nitrogens with one attached hydrogen (secondary N) is 4. The summed E-state index contributed by atoms with van der Waals surface area (Å²) >= 11 is 1.36. The highest BCUT2D eigenvalue weighted by atomic mass is 32.2. The van der Waals surface area contributed by atoms with E-state index in [0.29, 0.717) is 23.7 Å². The first-order valence-electron chi connectivity index (χ1n) is 9.61. The van der Waals surface area contributed by atoms with Gasteiger partial charge in [-0.1, -0.05) is 6.07 Å². The van der Waals surface area contributed by atoms with E-state index in [1.807, 2.05) is 24.5 Å². The molecule has 0 aliphatic rings. The molecule has 0 atom stereocenters. The van der Waals surface area contributed by atoms with Crippen molar-refractivity contribution in [2.75, 3.05) is 19.3 Å². The van der Waals surface area contributed by atoms with Crippen LogP contribution in [-0.2, 0) is 14.3 Å². The first kappa shape index (κ1) is 23.5. The SMILES string of the molecule is CSC(=N)c1ccc2[nH]c(C(=O)NCCCC(=O)NCC(=O)OC(C)(C)C)cc2c1. The summed E-state index contributed by atoms with van der Waals surface area (Å²) in [5.41, 5.74) is 1.46. The summed E-state index contributed by atoms with van der Waals surface area (Å²) < 4.78 is 5.12. The number of rotatable bonds is 8. The molecule has 0 saturated heterocycles. The Morgan fingerprint density at radius 3 is 2.57 bits per heavy atom. The Labute approximate surface area is 180 Å².